The Labute approximate surface area is 99.2 Å². The van der Waals surface area contributed by atoms with E-state index in [1.807, 2.05) is 30.3 Å². The maximum absolute atomic E-state index is 5.64. The predicted molar refractivity (Wildman–Crippen MR) is 69.0 cm³/mol. The quantitative estimate of drug-likeness (QED) is 0.625. The Hall–Kier alpha value is -1.02. The van der Waals surface area contributed by atoms with E-state index in [4.69, 9.17) is 4.74 Å². The molecule has 0 radical (unpaired) electrons. The molecule has 1 aromatic rings. The number of unbranched alkanes of at least 4 members (excludes halogenated alkanes) is 1. The lowest BCUT2D eigenvalue weighted by Crippen LogP contribution is -2.24. The summed E-state index contributed by atoms with van der Waals surface area (Å²) in [5, 5.41) is 0. The molecule has 0 saturated carbocycles. The van der Waals surface area contributed by atoms with E-state index in [1.165, 1.54) is 13.0 Å². The highest BCUT2D eigenvalue weighted by molar-refractivity contribution is 5.20. The highest BCUT2D eigenvalue weighted by Crippen LogP contribution is 2.08. The van der Waals surface area contributed by atoms with Crippen LogP contribution >= 0.6 is 0 Å². The zero-order valence-corrected chi connectivity index (χ0v) is 10.5. The van der Waals surface area contributed by atoms with Gasteiger partial charge >= 0.3 is 0 Å². The Kier molecular flexibility index (Phi) is 6.66. The molecule has 90 valence electrons. The van der Waals surface area contributed by atoms with Gasteiger partial charge in [0, 0.05) is 0 Å². The van der Waals surface area contributed by atoms with Crippen LogP contribution in [-0.4, -0.2) is 31.1 Å². The van der Waals surface area contributed by atoms with Crippen molar-refractivity contribution in [3.05, 3.63) is 30.3 Å². The lowest BCUT2D eigenvalue weighted by Gasteiger charge is -2.17. The summed E-state index contributed by atoms with van der Waals surface area (Å²) in [7, 11) is 0. The summed E-state index contributed by atoms with van der Waals surface area (Å²) in [6.45, 7) is 8.73. The van der Waals surface area contributed by atoms with Gasteiger partial charge in [-0.1, -0.05) is 32.0 Å². The molecule has 1 aromatic carbocycles. The summed E-state index contributed by atoms with van der Waals surface area (Å²) in [5.41, 5.74) is 0. The fraction of sp³-hybridized carbons (Fsp3) is 0.571. The van der Waals surface area contributed by atoms with Crippen LogP contribution in [0.3, 0.4) is 0 Å². The second kappa shape index (κ2) is 8.17. The number of benzene rings is 1. The summed E-state index contributed by atoms with van der Waals surface area (Å²) in [5.74, 6) is 0.977. The Morgan fingerprint density at radius 3 is 2.31 bits per heavy atom. The molecule has 0 unspecified atom stereocenters. The van der Waals surface area contributed by atoms with Crippen LogP contribution < -0.4 is 4.74 Å². The molecule has 0 aliphatic heterocycles. The first-order chi connectivity index (χ1) is 7.86. The summed E-state index contributed by atoms with van der Waals surface area (Å²) >= 11 is 0. The third-order valence-corrected chi connectivity index (χ3v) is 2.78. The predicted octanol–water partition coefficient (Wildman–Crippen LogP) is 3.19. The van der Waals surface area contributed by atoms with Crippen LogP contribution in [0.1, 0.15) is 26.7 Å². The minimum Gasteiger partial charge on any atom is -0.494 e. The normalized spacial score (nSPS) is 10.7. The Bertz CT molecular complexity index is 257. The van der Waals surface area contributed by atoms with Crippen molar-refractivity contribution in [2.75, 3.05) is 26.2 Å². The third-order valence-electron chi connectivity index (χ3n) is 2.78. The van der Waals surface area contributed by atoms with Gasteiger partial charge in [-0.25, -0.2) is 0 Å². The van der Waals surface area contributed by atoms with Crippen molar-refractivity contribution >= 4 is 0 Å². The van der Waals surface area contributed by atoms with Crippen LogP contribution in [0.5, 0.6) is 5.75 Å². The molecule has 16 heavy (non-hydrogen) atoms. The topological polar surface area (TPSA) is 12.5 Å². The molecule has 0 fully saturated rings. The third kappa shape index (κ3) is 5.17. The standard InChI is InChI=1S/C14H23NO/c1-3-15(4-2)12-8-9-13-16-14-10-6-5-7-11-14/h5-7,10-11H,3-4,8-9,12-13H2,1-2H3. The van der Waals surface area contributed by atoms with E-state index in [1.54, 1.807) is 0 Å². The molecule has 0 atom stereocenters. The van der Waals surface area contributed by atoms with Crippen LogP contribution in [0.25, 0.3) is 0 Å². The zero-order chi connectivity index (χ0) is 11.6. The van der Waals surface area contributed by atoms with Crippen molar-refractivity contribution in [3.63, 3.8) is 0 Å². The SMILES string of the molecule is CCN(CC)CCCCOc1ccccc1. The molecule has 0 amide bonds. The molecule has 1 rings (SSSR count). The summed E-state index contributed by atoms with van der Waals surface area (Å²) < 4.78 is 5.64. The molecule has 0 spiro atoms. The van der Waals surface area contributed by atoms with Crippen LogP contribution in [0, 0.1) is 0 Å². The van der Waals surface area contributed by atoms with Crippen molar-refractivity contribution in [2.45, 2.75) is 26.7 Å². The number of hydrogen-bond acceptors (Lipinski definition) is 2. The molecule has 0 heterocycles. The van der Waals surface area contributed by atoms with Gasteiger partial charge in [0.05, 0.1) is 6.61 Å². The number of ether oxygens (including phenoxy) is 1. The Morgan fingerprint density at radius 2 is 1.69 bits per heavy atom. The molecular formula is C14H23NO. The van der Waals surface area contributed by atoms with Gasteiger partial charge in [0.25, 0.3) is 0 Å². The smallest absolute Gasteiger partial charge is 0.119 e. The Morgan fingerprint density at radius 1 is 1.00 bits per heavy atom. The van der Waals surface area contributed by atoms with Gasteiger partial charge in [0.2, 0.25) is 0 Å². The van der Waals surface area contributed by atoms with Crippen molar-refractivity contribution in [2.24, 2.45) is 0 Å². The highest BCUT2D eigenvalue weighted by Gasteiger charge is 1.98. The summed E-state index contributed by atoms with van der Waals surface area (Å²) in [6.07, 6.45) is 2.35. The van der Waals surface area contributed by atoms with Gasteiger partial charge in [-0.2, -0.15) is 0 Å². The van der Waals surface area contributed by atoms with Gasteiger partial charge in [-0.05, 0) is 44.6 Å². The van der Waals surface area contributed by atoms with E-state index in [-0.39, 0.29) is 0 Å². The number of hydrogen-bond donors (Lipinski definition) is 0. The van der Waals surface area contributed by atoms with Crippen molar-refractivity contribution < 1.29 is 4.74 Å². The molecule has 0 aromatic heterocycles. The maximum atomic E-state index is 5.64. The van der Waals surface area contributed by atoms with E-state index in [0.717, 1.165) is 31.9 Å². The monoisotopic (exact) mass is 221 g/mol. The van der Waals surface area contributed by atoms with Gasteiger partial charge < -0.3 is 9.64 Å². The van der Waals surface area contributed by atoms with Gasteiger partial charge in [0.15, 0.2) is 0 Å². The minimum atomic E-state index is 0.825. The van der Waals surface area contributed by atoms with E-state index in [0.29, 0.717) is 0 Å². The average molecular weight is 221 g/mol. The van der Waals surface area contributed by atoms with Crippen LogP contribution in [0.4, 0.5) is 0 Å². The van der Waals surface area contributed by atoms with Gasteiger partial charge in [-0.15, -0.1) is 0 Å². The fourth-order valence-electron chi connectivity index (χ4n) is 1.68. The molecule has 0 N–H and O–H groups in total. The van der Waals surface area contributed by atoms with Gasteiger partial charge in [0.1, 0.15) is 5.75 Å². The van der Waals surface area contributed by atoms with Crippen LogP contribution in [0.15, 0.2) is 30.3 Å². The Balaban J connectivity index is 2.04. The van der Waals surface area contributed by atoms with E-state index >= 15 is 0 Å². The molecule has 2 nitrogen and oxygen atoms in total. The average Bonchev–Trinajstić information content (AvgIpc) is 2.35. The molecule has 0 saturated heterocycles. The number of para-hydroxylation sites is 1. The first-order valence-corrected chi connectivity index (χ1v) is 6.27. The fourth-order valence-corrected chi connectivity index (χ4v) is 1.68. The summed E-state index contributed by atoms with van der Waals surface area (Å²) in [4.78, 5) is 2.45. The maximum Gasteiger partial charge on any atom is 0.119 e. The first-order valence-electron chi connectivity index (χ1n) is 6.27. The van der Waals surface area contributed by atoms with Crippen molar-refractivity contribution in [1.82, 2.24) is 4.90 Å². The highest BCUT2D eigenvalue weighted by atomic mass is 16.5. The molecule has 0 aliphatic carbocycles. The van der Waals surface area contributed by atoms with Crippen molar-refractivity contribution in [1.29, 1.82) is 0 Å². The lowest BCUT2D eigenvalue weighted by molar-refractivity contribution is 0.266. The first kappa shape index (κ1) is 13.0. The van der Waals surface area contributed by atoms with E-state index in [2.05, 4.69) is 18.7 Å². The number of nitrogens with zero attached hydrogens (tertiary/aromatic N) is 1. The molecule has 0 bridgehead atoms. The number of rotatable bonds is 8. The molecule has 2 heteroatoms. The second-order valence-corrected chi connectivity index (χ2v) is 3.90. The molecule has 0 aliphatic rings. The largest absolute Gasteiger partial charge is 0.494 e. The minimum absolute atomic E-state index is 0.825. The summed E-state index contributed by atoms with van der Waals surface area (Å²) in [6, 6.07) is 10.0. The second-order valence-electron chi connectivity index (χ2n) is 3.90. The van der Waals surface area contributed by atoms with E-state index < -0.39 is 0 Å². The van der Waals surface area contributed by atoms with Gasteiger partial charge in [-0.3, -0.25) is 0 Å². The zero-order valence-electron chi connectivity index (χ0n) is 10.5. The van der Waals surface area contributed by atoms with Crippen LogP contribution in [0.2, 0.25) is 0 Å². The van der Waals surface area contributed by atoms with Crippen LogP contribution in [-0.2, 0) is 0 Å². The van der Waals surface area contributed by atoms with Crippen molar-refractivity contribution in [3.8, 4) is 5.75 Å². The molecular weight excluding hydrogens is 198 g/mol. The van der Waals surface area contributed by atoms with E-state index in [9.17, 15) is 0 Å². The lowest BCUT2D eigenvalue weighted by atomic mass is 10.3.